The number of fused-ring (bicyclic) bond motifs is 1. The van der Waals surface area contributed by atoms with Crippen LogP contribution in [0.3, 0.4) is 0 Å². The number of benzene rings is 1. The van der Waals surface area contributed by atoms with Crippen LogP contribution < -0.4 is 5.73 Å². The average Bonchev–Trinajstić information content (AvgIpc) is 2.81. The summed E-state index contributed by atoms with van der Waals surface area (Å²) in [7, 11) is 0. The molecule has 1 amide bonds. The monoisotopic (exact) mass is 258 g/mol. The van der Waals surface area contributed by atoms with Crippen LogP contribution in [0.5, 0.6) is 0 Å². The molecule has 96 valence electrons. The van der Waals surface area contributed by atoms with Gasteiger partial charge in [0.25, 0.3) is 5.91 Å². The molecule has 3 rings (SSSR count). The van der Waals surface area contributed by atoms with Gasteiger partial charge in [0.2, 0.25) is 5.95 Å². The number of hydrogen-bond donors (Lipinski definition) is 1. The quantitative estimate of drug-likeness (QED) is 0.838. The van der Waals surface area contributed by atoms with Gasteiger partial charge in [0.15, 0.2) is 0 Å². The van der Waals surface area contributed by atoms with Crippen LogP contribution in [0.15, 0.2) is 30.5 Å². The van der Waals surface area contributed by atoms with Crippen molar-refractivity contribution >= 4 is 11.9 Å². The largest absolute Gasteiger partial charge is 0.368 e. The van der Waals surface area contributed by atoms with E-state index in [1.807, 2.05) is 0 Å². The highest BCUT2D eigenvalue weighted by Gasteiger charge is 2.25. The molecule has 2 heterocycles. The number of rotatable bonds is 1. The summed E-state index contributed by atoms with van der Waals surface area (Å²) < 4.78 is 12.8. The zero-order chi connectivity index (χ0) is 13.4. The first-order valence-corrected chi connectivity index (χ1v) is 5.78. The Kier molecular flexibility index (Phi) is 2.63. The molecule has 5 nitrogen and oxygen atoms in total. The molecule has 6 heteroatoms. The van der Waals surface area contributed by atoms with Crippen molar-refractivity contribution in [1.82, 2.24) is 14.9 Å². The van der Waals surface area contributed by atoms with Crippen molar-refractivity contribution in [3.63, 3.8) is 0 Å². The summed E-state index contributed by atoms with van der Waals surface area (Å²) >= 11 is 0. The Bertz CT molecular complexity index is 642. The van der Waals surface area contributed by atoms with Gasteiger partial charge in [0, 0.05) is 23.9 Å². The lowest BCUT2D eigenvalue weighted by molar-refractivity contribution is 0.0750. The van der Waals surface area contributed by atoms with Crippen molar-refractivity contribution < 1.29 is 9.18 Å². The molecule has 0 aliphatic carbocycles. The number of aromatic nitrogens is 2. The molecule has 0 saturated heterocycles. The molecule has 1 aromatic carbocycles. The van der Waals surface area contributed by atoms with Crippen LogP contribution in [-0.4, -0.2) is 20.8 Å². The average molecular weight is 258 g/mol. The smallest absolute Gasteiger partial charge is 0.254 e. The predicted octanol–water partition coefficient (Wildman–Crippen LogP) is 1.35. The number of nitrogens with two attached hydrogens (primary N) is 1. The van der Waals surface area contributed by atoms with Crippen LogP contribution in [-0.2, 0) is 13.1 Å². The molecule has 1 aliphatic heterocycles. The first-order chi connectivity index (χ1) is 9.13. The highest BCUT2D eigenvalue weighted by Crippen LogP contribution is 2.22. The molecular formula is C13H11FN4O. The van der Waals surface area contributed by atoms with Crippen LogP contribution >= 0.6 is 0 Å². The summed E-state index contributed by atoms with van der Waals surface area (Å²) in [6, 6.07) is 5.49. The van der Waals surface area contributed by atoms with E-state index < -0.39 is 0 Å². The van der Waals surface area contributed by atoms with Gasteiger partial charge < -0.3 is 10.6 Å². The fourth-order valence-electron chi connectivity index (χ4n) is 2.09. The normalized spacial score (nSPS) is 13.4. The molecule has 2 aromatic rings. The molecule has 0 saturated carbocycles. The second kappa shape index (κ2) is 4.31. The number of anilines is 1. The molecule has 0 atom stereocenters. The van der Waals surface area contributed by atoms with Gasteiger partial charge in [-0.25, -0.2) is 14.4 Å². The maximum Gasteiger partial charge on any atom is 0.254 e. The summed E-state index contributed by atoms with van der Waals surface area (Å²) in [5, 5.41) is 0. The van der Waals surface area contributed by atoms with Crippen molar-refractivity contribution in [3.05, 3.63) is 53.1 Å². The lowest BCUT2D eigenvalue weighted by Gasteiger charge is -2.14. The van der Waals surface area contributed by atoms with Gasteiger partial charge in [-0.2, -0.15) is 0 Å². The summed E-state index contributed by atoms with van der Waals surface area (Å²) in [6.07, 6.45) is 1.63. The van der Waals surface area contributed by atoms with E-state index >= 15 is 0 Å². The second-order valence-corrected chi connectivity index (χ2v) is 4.37. The van der Waals surface area contributed by atoms with Gasteiger partial charge in [0.05, 0.1) is 12.2 Å². The predicted molar refractivity (Wildman–Crippen MR) is 66.4 cm³/mol. The van der Waals surface area contributed by atoms with E-state index in [4.69, 9.17) is 5.73 Å². The molecule has 0 unspecified atom stereocenters. The van der Waals surface area contributed by atoms with Gasteiger partial charge in [0.1, 0.15) is 5.82 Å². The number of halogens is 1. The Morgan fingerprint density at radius 2 is 2.00 bits per heavy atom. The van der Waals surface area contributed by atoms with E-state index in [9.17, 15) is 9.18 Å². The SMILES string of the molecule is Nc1ncc2c(n1)CN(C(=O)c1ccc(F)cc1)C2. The molecule has 0 fully saturated rings. The lowest BCUT2D eigenvalue weighted by atomic mass is 10.2. The summed E-state index contributed by atoms with van der Waals surface area (Å²) in [4.78, 5) is 21.9. The van der Waals surface area contributed by atoms with Crippen LogP contribution in [0, 0.1) is 5.82 Å². The van der Waals surface area contributed by atoms with E-state index in [0.29, 0.717) is 18.7 Å². The first-order valence-electron chi connectivity index (χ1n) is 5.78. The van der Waals surface area contributed by atoms with Gasteiger partial charge in [-0.15, -0.1) is 0 Å². The van der Waals surface area contributed by atoms with Crippen LogP contribution in [0.25, 0.3) is 0 Å². The van der Waals surface area contributed by atoms with Crippen molar-refractivity contribution in [3.8, 4) is 0 Å². The summed E-state index contributed by atoms with van der Waals surface area (Å²) in [6.45, 7) is 0.851. The molecule has 1 aromatic heterocycles. The minimum absolute atomic E-state index is 0.156. The Balaban J connectivity index is 1.82. The Hall–Kier alpha value is -2.50. The summed E-state index contributed by atoms with van der Waals surface area (Å²) in [5.74, 6) is -0.314. The van der Waals surface area contributed by atoms with Crippen molar-refractivity contribution in [1.29, 1.82) is 0 Å². The third kappa shape index (κ3) is 2.12. The number of carbonyl (C=O) groups is 1. The van der Waals surface area contributed by atoms with E-state index in [-0.39, 0.29) is 17.7 Å². The zero-order valence-corrected chi connectivity index (χ0v) is 10.0. The highest BCUT2D eigenvalue weighted by atomic mass is 19.1. The fraction of sp³-hybridized carbons (Fsp3) is 0.154. The number of nitrogen functional groups attached to an aromatic ring is 1. The molecule has 19 heavy (non-hydrogen) atoms. The third-order valence-corrected chi connectivity index (χ3v) is 3.05. The number of hydrogen-bond acceptors (Lipinski definition) is 4. The Labute approximate surface area is 108 Å². The van der Waals surface area contributed by atoms with E-state index in [2.05, 4.69) is 9.97 Å². The topological polar surface area (TPSA) is 72.1 Å². The maximum absolute atomic E-state index is 12.8. The highest BCUT2D eigenvalue weighted by molar-refractivity contribution is 5.94. The van der Waals surface area contributed by atoms with E-state index in [1.165, 1.54) is 24.3 Å². The number of carbonyl (C=O) groups excluding carboxylic acids is 1. The van der Waals surface area contributed by atoms with Gasteiger partial charge in [-0.05, 0) is 24.3 Å². The lowest BCUT2D eigenvalue weighted by Crippen LogP contribution is -2.25. The van der Waals surface area contributed by atoms with Crippen LogP contribution in [0.2, 0.25) is 0 Å². The minimum atomic E-state index is -0.361. The molecule has 0 radical (unpaired) electrons. The zero-order valence-electron chi connectivity index (χ0n) is 10.0. The minimum Gasteiger partial charge on any atom is -0.368 e. The number of amides is 1. The van der Waals surface area contributed by atoms with Crippen molar-refractivity contribution in [2.45, 2.75) is 13.1 Å². The second-order valence-electron chi connectivity index (χ2n) is 4.37. The number of nitrogens with zero attached hydrogens (tertiary/aromatic N) is 3. The fourth-order valence-corrected chi connectivity index (χ4v) is 2.09. The Morgan fingerprint density at radius 1 is 1.26 bits per heavy atom. The molecule has 0 spiro atoms. The van der Waals surface area contributed by atoms with Gasteiger partial charge in [-0.3, -0.25) is 4.79 Å². The van der Waals surface area contributed by atoms with Gasteiger partial charge >= 0.3 is 0 Å². The Morgan fingerprint density at radius 3 is 2.74 bits per heavy atom. The molecule has 2 N–H and O–H groups in total. The van der Waals surface area contributed by atoms with Crippen LogP contribution in [0.1, 0.15) is 21.6 Å². The van der Waals surface area contributed by atoms with E-state index in [1.54, 1.807) is 11.1 Å². The van der Waals surface area contributed by atoms with Crippen LogP contribution in [0.4, 0.5) is 10.3 Å². The van der Waals surface area contributed by atoms with Gasteiger partial charge in [-0.1, -0.05) is 0 Å². The van der Waals surface area contributed by atoms with Crippen molar-refractivity contribution in [2.24, 2.45) is 0 Å². The standard InChI is InChI=1S/C13H11FN4O/c14-10-3-1-8(2-4-10)12(19)18-6-9-5-16-13(15)17-11(9)7-18/h1-5H,6-7H2,(H2,15,16,17). The third-order valence-electron chi connectivity index (χ3n) is 3.05. The van der Waals surface area contributed by atoms with E-state index in [0.717, 1.165) is 11.3 Å². The molecule has 1 aliphatic rings. The molecular weight excluding hydrogens is 247 g/mol. The summed E-state index contributed by atoms with van der Waals surface area (Å²) in [5.41, 5.74) is 7.63. The molecule has 0 bridgehead atoms. The maximum atomic E-state index is 12.8. The first kappa shape index (κ1) is 11.6. The van der Waals surface area contributed by atoms with Crippen molar-refractivity contribution in [2.75, 3.05) is 5.73 Å².